The van der Waals surface area contributed by atoms with Gasteiger partial charge in [-0.1, -0.05) is 11.6 Å². The monoisotopic (exact) mass is 366 g/mol. The summed E-state index contributed by atoms with van der Waals surface area (Å²) in [7, 11) is 0. The van der Waals surface area contributed by atoms with Crippen molar-refractivity contribution in [3.63, 3.8) is 0 Å². The smallest absolute Gasteiger partial charge is 0.255 e. The first-order valence-electron chi connectivity index (χ1n) is 8.64. The molecule has 136 valence electrons. The van der Waals surface area contributed by atoms with Crippen molar-refractivity contribution in [2.24, 2.45) is 0 Å². The topological polar surface area (TPSA) is 66.0 Å². The van der Waals surface area contributed by atoms with Crippen LogP contribution in [0.2, 0.25) is 5.02 Å². The van der Waals surface area contributed by atoms with Crippen LogP contribution in [0.1, 0.15) is 12.8 Å². The number of pyridine rings is 1. The van der Waals surface area contributed by atoms with Crippen LogP contribution >= 0.6 is 11.6 Å². The fourth-order valence-corrected chi connectivity index (χ4v) is 3.41. The van der Waals surface area contributed by atoms with E-state index in [0.717, 1.165) is 51.4 Å². The summed E-state index contributed by atoms with van der Waals surface area (Å²) in [6, 6.07) is 3.70. The molecule has 2 aliphatic heterocycles. The predicted molar refractivity (Wildman–Crippen MR) is 94.7 cm³/mol. The molecular weight excluding hydrogens is 344 g/mol. The van der Waals surface area contributed by atoms with Crippen molar-refractivity contribution in [3.05, 3.63) is 23.4 Å². The van der Waals surface area contributed by atoms with Crippen molar-refractivity contribution >= 4 is 29.2 Å². The second-order valence-corrected chi connectivity index (χ2v) is 6.68. The number of amides is 2. The van der Waals surface area contributed by atoms with Gasteiger partial charge in [0.05, 0.1) is 5.02 Å². The van der Waals surface area contributed by atoms with Gasteiger partial charge in [0.25, 0.3) is 11.8 Å². The van der Waals surface area contributed by atoms with Crippen LogP contribution in [0, 0.1) is 0 Å². The lowest BCUT2D eigenvalue weighted by atomic mass is 10.2. The standard InChI is InChI=1S/C17H23ClN4O3/c18-14-4-3-5-19-17(14)21-10-8-20(9-11-21)6-1-2-7-22-15(23)12-25-13-16(22)24/h3-5H,1-2,6-13H2. The van der Waals surface area contributed by atoms with Gasteiger partial charge in [0.1, 0.15) is 19.0 Å². The third-order valence-electron chi connectivity index (χ3n) is 4.57. The Morgan fingerprint density at radius 3 is 2.40 bits per heavy atom. The number of hydrogen-bond acceptors (Lipinski definition) is 6. The third kappa shape index (κ3) is 4.68. The number of carbonyl (C=O) groups excluding carboxylic acids is 2. The van der Waals surface area contributed by atoms with E-state index in [1.54, 1.807) is 6.20 Å². The molecule has 3 heterocycles. The van der Waals surface area contributed by atoms with Gasteiger partial charge in [-0.3, -0.25) is 19.4 Å². The minimum Gasteiger partial charge on any atom is -0.362 e. The minimum atomic E-state index is -0.225. The van der Waals surface area contributed by atoms with Gasteiger partial charge in [0, 0.05) is 38.9 Å². The van der Waals surface area contributed by atoms with Crippen LogP contribution in [0.25, 0.3) is 0 Å². The molecule has 0 N–H and O–H groups in total. The summed E-state index contributed by atoms with van der Waals surface area (Å²) in [6.45, 7) is 5.22. The molecule has 0 aliphatic carbocycles. The fraction of sp³-hybridized carbons (Fsp3) is 0.588. The number of imide groups is 1. The average Bonchev–Trinajstić information content (AvgIpc) is 2.62. The Kier molecular flexibility index (Phi) is 6.23. The zero-order valence-corrected chi connectivity index (χ0v) is 15.0. The van der Waals surface area contributed by atoms with E-state index < -0.39 is 0 Å². The predicted octanol–water partition coefficient (Wildman–Crippen LogP) is 1.02. The number of unbranched alkanes of at least 4 members (excludes halogenated alkanes) is 1. The van der Waals surface area contributed by atoms with E-state index in [-0.39, 0.29) is 25.0 Å². The Morgan fingerprint density at radius 1 is 1.04 bits per heavy atom. The number of carbonyl (C=O) groups is 2. The number of morpholine rings is 1. The molecule has 1 aromatic rings. The second-order valence-electron chi connectivity index (χ2n) is 6.28. The first-order valence-corrected chi connectivity index (χ1v) is 9.01. The lowest BCUT2D eigenvalue weighted by molar-refractivity contribution is -0.158. The van der Waals surface area contributed by atoms with E-state index in [0.29, 0.717) is 11.6 Å². The van der Waals surface area contributed by atoms with Crippen LogP contribution in [-0.4, -0.2) is 79.1 Å². The van der Waals surface area contributed by atoms with E-state index >= 15 is 0 Å². The number of nitrogens with zero attached hydrogens (tertiary/aromatic N) is 4. The highest BCUT2D eigenvalue weighted by molar-refractivity contribution is 6.32. The largest absolute Gasteiger partial charge is 0.362 e. The number of piperazine rings is 1. The Morgan fingerprint density at radius 2 is 1.72 bits per heavy atom. The minimum absolute atomic E-state index is 0.0176. The Balaban J connectivity index is 1.36. The van der Waals surface area contributed by atoms with Gasteiger partial charge in [-0.15, -0.1) is 0 Å². The molecule has 2 fully saturated rings. The van der Waals surface area contributed by atoms with Crippen molar-refractivity contribution in [2.75, 3.05) is 57.4 Å². The summed E-state index contributed by atoms with van der Waals surface area (Å²) in [4.78, 5) is 33.6. The number of hydrogen-bond donors (Lipinski definition) is 0. The lowest BCUT2D eigenvalue weighted by Crippen LogP contribution is -2.47. The Bertz CT molecular complexity index is 604. The normalized spacial score (nSPS) is 19.6. The average molecular weight is 367 g/mol. The van der Waals surface area contributed by atoms with E-state index in [2.05, 4.69) is 14.8 Å². The van der Waals surface area contributed by atoms with Crippen molar-refractivity contribution in [2.45, 2.75) is 12.8 Å². The summed E-state index contributed by atoms with van der Waals surface area (Å²) >= 11 is 6.21. The first kappa shape index (κ1) is 18.1. The maximum Gasteiger partial charge on any atom is 0.255 e. The van der Waals surface area contributed by atoms with Crippen LogP contribution in [0.3, 0.4) is 0 Å². The molecule has 0 unspecified atom stereocenters. The molecule has 0 spiro atoms. The molecule has 25 heavy (non-hydrogen) atoms. The van der Waals surface area contributed by atoms with Gasteiger partial charge >= 0.3 is 0 Å². The number of anilines is 1. The fourth-order valence-electron chi connectivity index (χ4n) is 3.17. The molecule has 0 bridgehead atoms. The first-order chi connectivity index (χ1) is 12.1. The highest BCUT2D eigenvalue weighted by Gasteiger charge is 2.26. The molecule has 2 saturated heterocycles. The molecule has 2 aliphatic rings. The van der Waals surface area contributed by atoms with Crippen LogP contribution in [0.5, 0.6) is 0 Å². The molecule has 0 aromatic carbocycles. The maximum absolute atomic E-state index is 11.6. The number of aromatic nitrogens is 1. The summed E-state index contributed by atoms with van der Waals surface area (Å²) < 4.78 is 4.91. The van der Waals surface area contributed by atoms with Gasteiger partial charge in [-0.05, 0) is 31.5 Å². The zero-order chi connectivity index (χ0) is 17.6. The highest BCUT2D eigenvalue weighted by Crippen LogP contribution is 2.23. The SMILES string of the molecule is O=C1COCC(=O)N1CCCCN1CCN(c2ncccc2Cl)CC1. The van der Waals surface area contributed by atoms with Crippen LogP contribution in [0.15, 0.2) is 18.3 Å². The van der Waals surface area contributed by atoms with E-state index in [1.807, 2.05) is 12.1 Å². The molecule has 1 aromatic heterocycles. The van der Waals surface area contributed by atoms with Crippen LogP contribution in [-0.2, 0) is 14.3 Å². The van der Waals surface area contributed by atoms with Crippen molar-refractivity contribution in [3.8, 4) is 0 Å². The Hall–Kier alpha value is -1.70. The van der Waals surface area contributed by atoms with Crippen molar-refractivity contribution < 1.29 is 14.3 Å². The van der Waals surface area contributed by atoms with E-state index in [1.165, 1.54) is 4.90 Å². The number of rotatable bonds is 6. The van der Waals surface area contributed by atoms with Crippen molar-refractivity contribution in [1.29, 1.82) is 0 Å². The van der Waals surface area contributed by atoms with E-state index in [4.69, 9.17) is 16.3 Å². The molecule has 0 atom stereocenters. The van der Waals surface area contributed by atoms with Crippen molar-refractivity contribution in [1.82, 2.24) is 14.8 Å². The molecule has 0 radical (unpaired) electrons. The van der Waals surface area contributed by atoms with Gasteiger partial charge in [-0.25, -0.2) is 4.98 Å². The van der Waals surface area contributed by atoms with Gasteiger partial charge < -0.3 is 9.64 Å². The van der Waals surface area contributed by atoms with Gasteiger partial charge in [-0.2, -0.15) is 0 Å². The van der Waals surface area contributed by atoms with Gasteiger partial charge in [0.2, 0.25) is 0 Å². The maximum atomic E-state index is 11.6. The molecule has 8 heteroatoms. The Labute approximate surface area is 152 Å². The third-order valence-corrected chi connectivity index (χ3v) is 4.87. The number of ether oxygens (including phenoxy) is 1. The van der Waals surface area contributed by atoms with Crippen LogP contribution < -0.4 is 4.90 Å². The summed E-state index contributed by atoms with van der Waals surface area (Å²) in [5, 5.41) is 0.691. The van der Waals surface area contributed by atoms with Gasteiger partial charge in [0.15, 0.2) is 0 Å². The second kappa shape index (κ2) is 8.60. The summed E-state index contributed by atoms with van der Waals surface area (Å²) in [6.07, 6.45) is 3.55. The number of halogens is 1. The summed E-state index contributed by atoms with van der Waals surface area (Å²) in [5.74, 6) is 0.405. The quantitative estimate of drug-likeness (QED) is 0.553. The van der Waals surface area contributed by atoms with Crippen LogP contribution in [0.4, 0.5) is 5.82 Å². The lowest BCUT2D eigenvalue weighted by Gasteiger charge is -2.35. The highest BCUT2D eigenvalue weighted by atomic mass is 35.5. The van der Waals surface area contributed by atoms with E-state index in [9.17, 15) is 9.59 Å². The molecular formula is C17H23ClN4O3. The molecule has 0 saturated carbocycles. The molecule has 7 nitrogen and oxygen atoms in total. The summed E-state index contributed by atoms with van der Waals surface area (Å²) in [5.41, 5.74) is 0. The zero-order valence-electron chi connectivity index (χ0n) is 14.2. The molecule has 3 rings (SSSR count). The molecule has 2 amide bonds.